The highest BCUT2D eigenvalue weighted by Gasteiger charge is 2.43. The predicted molar refractivity (Wildman–Crippen MR) is 245 cm³/mol. The lowest BCUT2D eigenvalue weighted by Gasteiger charge is -2.42. The van der Waals surface area contributed by atoms with Crippen molar-refractivity contribution in [3.8, 4) is 11.5 Å². The molecule has 0 spiro atoms. The number of amides is 4. The van der Waals surface area contributed by atoms with Crippen LogP contribution in [0.4, 0.5) is 0 Å². The van der Waals surface area contributed by atoms with Gasteiger partial charge in [-0.15, -0.1) is 0 Å². The van der Waals surface area contributed by atoms with Gasteiger partial charge in [-0.05, 0) is 175 Å². The molecular formula is C50H65N5O7S. The molecule has 4 fully saturated rings. The number of piperidine rings is 4. The third-order valence-corrected chi connectivity index (χ3v) is 15.2. The molecule has 3 aromatic carbocycles. The Hall–Kier alpha value is -4.27. The molecule has 3 aromatic rings. The summed E-state index contributed by atoms with van der Waals surface area (Å²) in [6.07, 6.45) is 11.9. The van der Waals surface area contributed by atoms with Gasteiger partial charge in [0.15, 0.2) is 11.5 Å². The monoisotopic (exact) mass is 879 g/mol. The summed E-state index contributed by atoms with van der Waals surface area (Å²) >= 11 is -1.27. The zero-order valence-corrected chi connectivity index (χ0v) is 38.2. The third kappa shape index (κ3) is 10.5. The quantitative estimate of drug-likeness (QED) is 0.0950. The Labute approximate surface area is 376 Å². The number of hydrogen-bond donors (Lipinski definition) is 1. The first-order chi connectivity index (χ1) is 30.6. The van der Waals surface area contributed by atoms with E-state index in [1.807, 2.05) is 31.2 Å². The molecule has 4 amide bonds. The van der Waals surface area contributed by atoms with E-state index in [0.717, 1.165) is 56.7 Å². The maximum atomic E-state index is 14.0. The van der Waals surface area contributed by atoms with Crippen LogP contribution >= 0.6 is 0 Å². The Morgan fingerprint density at radius 3 is 1.95 bits per heavy atom. The molecule has 5 heterocycles. The molecule has 2 unspecified atom stereocenters. The van der Waals surface area contributed by atoms with Gasteiger partial charge in [0.05, 0.1) is 37.0 Å². The van der Waals surface area contributed by atoms with Crippen LogP contribution in [0.15, 0.2) is 60.7 Å². The van der Waals surface area contributed by atoms with E-state index in [1.54, 1.807) is 25.5 Å². The summed E-state index contributed by atoms with van der Waals surface area (Å²) in [7, 11) is 1.57. The molecule has 0 aliphatic carbocycles. The Bertz CT molecular complexity index is 2090. The van der Waals surface area contributed by atoms with Crippen molar-refractivity contribution in [2.75, 3.05) is 78.1 Å². The molecular weight excluding hydrogens is 815 g/mol. The number of rotatable bonds is 16. The first kappa shape index (κ1) is 45.3. The van der Waals surface area contributed by atoms with Crippen molar-refractivity contribution in [2.24, 2.45) is 0 Å². The van der Waals surface area contributed by atoms with E-state index in [0.29, 0.717) is 65.5 Å². The van der Waals surface area contributed by atoms with E-state index in [1.165, 1.54) is 68.6 Å². The van der Waals surface area contributed by atoms with Crippen LogP contribution < -0.4 is 14.8 Å². The summed E-state index contributed by atoms with van der Waals surface area (Å²) in [4.78, 5) is 61.0. The summed E-state index contributed by atoms with van der Waals surface area (Å²) in [6.45, 7) is 11.3. The van der Waals surface area contributed by atoms with Crippen LogP contribution in [-0.2, 0) is 20.8 Å². The standard InChI is InChI=1S/C50H65N5O7S/c1-4-62-46-32-39(12-15-45(46)61-2)44(33-63(3)60)55-49(58)42-13-11-38(31-43(42)50(55)59)36-17-25-52(26-18-36)23-5-6-24-53-27-21-40(22-28-53)54-29-19-35(20-30-54)34-7-9-37(10-8-34)41-14-16-47(56)51-48(41)57/h7-13,15,31-32,35-36,40-41,44H,4-6,14,16-30,33H2,1-3H3,(H,51,56,57)/t41?,44-,63?/m1/s1. The number of carbonyl (C=O) groups excluding carboxylic acids is 4. The minimum Gasteiger partial charge on any atom is -0.616 e. The zero-order chi connectivity index (χ0) is 44.0. The van der Waals surface area contributed by atoms with Crippen LogP contribution in [0.3, 0.4) is 0 Å². The lowest BCUT2D eigenvalue weighted by molar-refractivity contribution is -0.134. The second kappa shape index (κ2) is 20.7. The number of imide groups is 2. The fraction of sp³-hybridized carbons (Fsp3) is 0.560. The second-order valence-electron chi connectivity index (χ2n) is 18.3. The SMILES string of the molecule is CCOc1cc([C@@H](C[S+](C)[O-])N2C(=O)c3ccc(C4CCN(CCCCN5CCC(N6CCC(c7ccc(C8CCC(=O)NC8=O)cc7)CC6)CC5)CC4)cc3C2=O)ccc1OC. The van der Waals surface area contributed by atoms with Gasteiger partial charge in [0.2, 0.25) is 11.8 Å². The number of unbranched alkanes of at least 4 members (excludes halogenated alkanes) is 1. The summed E-state index contributed by atoms with van der Waals surface area (Å²) in [5.74, 6) is 0.861. The van der Waals surface area contributed by atoms with Crippen LogP contribution in [0.25, 0.3) is 0 Å². The van der Waals surface area contributed by atoms with Gasteiger partial charge in [-0.3, -0.25) is 29.4 Å². The van der Waals surface area contributed by atoms with Crippen molar-refractivity contribution in [2.45, 2.75) is 101 Å². The van der Waals surface area contributed by atoms with Crippen molar-refractivity contribution in [3.05, 3.63) is 94.0 Å². The number of fused-ring (bicyclic) bond motifs is 1. The van der Waals surface area contributed by atoms with E-state index >= 15 is 0 Å². The summed E-state index contributed by atoms with van der Waals surface area (Å²) < 4.78 is 23.8. The molecule has 8 rings (SSSR count). The Balaban J connectivity index is 0.743. The third-order valence-electron chi connectivity index (χ3n) is 14.4. The molecule has 4 saturated heterocycles. The maximum absolute atomic E-state index is 14.0. The van der Waals surface area contributed by atoms with Gasteiger partial charge < -0.3 is 28.7 Å². The summed E-state index contributed by atoms with van der Waals surface area (Å²) in [5, 5.41) is 2.48. The highest BCUT2D eigenvalue weighted by molar-refractivity contribution is 7.90. The van der Waals surface area contributed by atoms with E-state index < -0.39 is 17.2 Å². The van der Waals surface area contributed by atoms with Crippen LogP contribution in [0, 0.1) is 0 Å². The van der Waals surface area contributed by atoms with Crippen molar-refractivity contribution < 1.29 is 33.2 Å². The van der Waals surface area contributed by atoms with E-state index in [9.17, 15) is 23.7 Å². The first-order valence-electron chi connectivity index (χ1n) is 23.3. The fourth-order valence-electron chi connectivity index (χ4n) is 10.8. The van der Waals surface area contributed by atoms with Crippen molar-refractivity contribution >= 4 is 34.8 Å². The first-order valence-corrected chi connectivity index (χ1v) is 25.1. The Morgan fingerprint density at radius 1 is 0.714 bits per heavy atom. The number of nitrogens with one attached hydrogen (secondary N) is 1. The highest BCUT2D eigenvalue weighted by atomic mass is 32.2. The van der Waals surface area contributed by atoms with Gasteiger partial charge in [0.25, 0.3) is 11.8 Å². The molecule has 63 heavy (non-hydrogen) atoms. The van der Waals surface area contributed by atoms with Crippen LogP contribution in [0.5, 0.6) is 11.5 Å². The number of nitrogens with zero attached hydrogens (tertiary/aromatic N) is 4. The summed E-state index contributed by atoms with van der Waals surface area (Å²) in [5.41, 5.74) is 5.02. The van der Waals surface area contributed by atoms with E-state index in [-0.39, 0.29) is 35.3 Å². The van der Waals surface area contributed by atoms with Crippen molar-refractivity contribution in [1.82, 2.24) is 24.9 Å². The normalized spacial score (nSPS) is 22.3. The second-order valence-corrected chi connectivity index (χ2v) is 19.7. The Morgan fingerprint density at radius 2 is 1.32 bits per heavy atom. The highest BCUT2D eigenvalue weighted by Crippen LogP contribution is 2.39. The van der Waals surface area contributed by atoms with Gasteiger partial charge in [0.1, 0.15) is 11.8 Å². The number of ether oxygens (including phenoxy) is 2. The average Bonchev–Trinajstić information content (AvgIpc) is 3.55. The minimum atomic E-state index is -1.27. The predicted octanol–water partition coefficient (Wildman–Crippen LogP) is 6.63. The number of likely N-dealkylation sites (tertiary alicyclic amines) is 3. The van der Waals surface area contributed by atoms with Crippen molar-refractivity contribution in [1.29, 1.82) is 0 Å². The average molecular weight is 880 g/mol. The largest absolute Gasteiger partial charge is 0.616 e. The molecule has 13 heteroatoms. The maximum Gasteiger partial charge on any atom is 0.262 e. The van der Waals surface area contributed by atoms with E-state index in [4.69, 9.17) is 9.47 Å². The molecule has 0 radical (unpaired) electrons. The number of hydrogen-bond acceptors (Lipinski definition) is 10. The zero-order valence-electron chi connectivity index (χ0n) is 37.4. The molecule has 0 saturated carbocycles. The molecule has 5 aliphatic heterocycles. The lowest BCUT2D eigenvalue weighted by Crippen LogP contribution is -2.47. The molecule has 0 bridgehead atoms. The molecule has 3 atom stereocenters. The van der Waals surface area contributed by atoms with Crippen molar-refractivity contribution in [3.63, 3.8) is 0 Å². The van der Waals surface area contributed by atoms with Gasteiger partial charge in [-0.1, -0.05) is 47.6 Å². The number of benzene rings is 3. The van der Waals surface area contributed by atoms with E-state index in [2.05, 4.69) is 44.3 Å². The Kier molecular flexibility index (Phi) is 14.9. The molecule has 12 nitrogen and oxygen atoms in total. The van der Waals surface area contributed by atoms with Crippen LogP contribution in [-0.4, -0.2) is 132 Å². The number of methoxy groups -OCH3 is 1. The molecule has 1 N–H and O–H groups in total. The smallest absolute Gasteiger partial charge is 0.262 e. The fourth-order valence-corrected chi connectivity index (χ4v) is 11.6. The van der Waals surface area contributed by atoms with Gasteiger partial charge in [-0.25, -0.2) is 0 Å². The molecule has 338 valence electrons. The van der Waals surface area contributed by atoms with Gasteiger partial charge in [-0.2, -0.15) is 0 Å². The van der Waals surface area contributed by atoms with Crippen LogP contribution in [0.2, 0.25) is 0 Å². The molecule has 5 aliphatic rings. The topological polar surface area (TPSA) is 135 Å². The van der Waals surface area contributed by atoms with Crippen LogP contribution in [0.1, 0.15) is 138 Å². The number of carbonyl (C=O) groups is 4. The summed E-state index contributed by atoms with van der Waals surface area (Å²) in [6, 6.07) is 19.7. The van der Waals surface area contributed by atoms with Gasteiger partial charge in [0, 0.05) is 12.5 Å². The minimum absolute atomic E-state index is 0.129. The van der Waals surface area contributed by atoms with Gasteiger partial charge >= 0.3 is 0 Å². The lowest BCUT2D eigenvalue weighted by atomic mass is 9.85. The molecule has 0 aromatic heterocycles.